The fourth-order valence-corrected chi connectivity index (χ4v) is 1.09. The first-order chi connectivity index (χ1) is 5.29. The molecule has 2 heterocycles. The molecule has 4 nitrogen and oxygen atoms in total. The van der Waals surface area contributed by atoms with Gasteiger partial charge in [-0.25, -0.2) is 4.98 Å². The Labute approximate surface area is 62.7 Å². The van der Waals surface area contributed by atoms with Gasteiger partial charge in [0.05, 0.1) is 0 Å². The molecule has 0 aliphatic rings. The first-order valence-electron chi connectivity index (χ1n) is 3.28. The smallest absolute Gasteiger partial charge is 0.272 e. The summed E-state index contributed by atoms with van der Waals surface area (Å²) in [5.74, 6) is 0. The van der Waals surface area contributed by atoms with Crippen molar-refractivity contribution in [1.82, 2.24) is 14.2 Å². The minimum atomic E-state index is -0.0532. The SMILES string of the molecule is Cn1ccc2nccc(=O)n21. The van der Waals surface area contributed by atoms with Gasteiger partial charge >= 0.3 is 0 Å². The molecular formula is C7H7N3O. The molecule has 0 saturated carbocycles. The van der Waals surface area contributed by atoms with Crippen molar-refractivity contribution < 1.29 is 0 Å². The van der Waals surface area contributed by atoms with Crippen molar-refractivity contribution in [3.63, 3.8) is 0 Å². The van der Waals surface area contributed by atoms with E-state index in [4.69, 9.17) is 0 Å². The van der Waals surface area contributed by atoms with Gasteiger partial charge in [0.15, 0.2) is 5.65 Å². The standard InChI is InChI=1S/C7H7N3O/c1-9-5-3-6-8-4-2-7(11)10(6)9/h2-5H,1H3. The van der Waals surface area contributed by atoms with Crippen LogP contribution >= 0.6 is 0 Å². The van der Waals surface area contributed by atoms with Crippen molar-refractivity contribution >= 4 is 5.65 Å². The zero-order chi connectivity index (χ0) is 7.84. The number of aromatic nitrogens is 3. The van der Waals surface area contributed by atoms with Gasteiger partial charge in [-0.15, -0.1) is 0 Å². The third-order valence-electron chi connectivity index (χ3n) is 1.60. The van der Waals surface area contributed by atoms with Crippen LogP contribution in [0.15, 0.2) is 29.3 Å². The van der Waals surface area contributed by atoms with Crippen LogP contribution in [-0.4, -0.2) is 14.2 Å². The summed E-state index contributed by atoms with van der Waals surface area (Å²) in [5, 5.41) is 0. The van der Waals surface area contributed by atoms with Crippen molar-refractivity contribution in [3.8, 4) is 0 Å². The van der Waals surface area contributed by atoms with Crippen LogP contribution in [0.3, 0.4) is 0 Å². The first-order valence-corrected chi connectivity index (χ1v) is 3.28. The second-order valence-electron chi connectivity index (χ2n) is 2.34. The summed E-state index contributed by atoms with van der Waals surface area (Å²) in [4.78, 5) is 15.2. The monoisotopic (exact) mass is 149 g/mol. The molecule has 0 aliphatic heterocycles. The van der Waals surface area contributed by atoms with E-state index in [1.54, 1.807) is 24.0 Å². The van der Waals surface area contributed by atoms with Gasteiger partial charge in [0.1, 0.15) is 0 Å². The zero-order valence-corrected chi connectivity index (χ0v) is 6.06. The maximum Gasteiger partial charge on any atom is 0.272 e. The van der Waals surface area contributed by atoms with Crippen LogP contribution in [0.4, 0.5) is 0 Å². The van der Waals surface area contributed by atoms with Crippen molar-refractivity contribution in [2.45, 2.75) is 0 Å². The number of rotatable bonds is 0. The van der Waals surface area contributed by atoms with Gasteiger partial charge in [-0.2, -0.15) is 4.52 Å². The highest BCUT2D eigenvalue weighted by Gasteiger charge is 1.97. The Morgan fingerprint density at radius 2 is 2.27 bits per heavy atom. The minimum absolute atomic E-state index is 0.0532. The molecule has 0 amide bonds. The van der Waals surface area contributed by atoms with Crippen LogP contribution in [-0.2, 0) is 7.05 Å². The van der Waals surface area contributed by atoms with E-state index >= 15 is 0 Å². The van der Waals surface area contributed by atoms with Crippen molar-refractivity contribution in [1.29, 1.82) is 0 Å². The normalized spacial score (nSPS) is 10.6. The van der Waals surface area contributed by atoms with Crippen molar-refractivity contribution in [2.24, 2.45) is 7.05 Å². The molecule has 0 saturated heterocycles. The van der Waals surface area contributed by atoms with Gasteiger partial charge in [0, 0.05) is 31.6 Å². The maximum absolute atomic E-state index is 11.2. The van der Waals surface area contributed by atoms with E-state index in [-0.39, 0.29) is 5.56 Å². The molecule has 0 fully saturated rings. The van der Waals surface area contributed by atoms with E-state index in [1.807, 2.05) is 0 Å². The van der Waals surface area contributed by atoms with Crippen LogP contribution in [0.2, 0.25) is 0 Å². The fourth-order valence-electron chi connectivity index (χ4n) is 1.09. The summed E-state index contributed by atoms with van der Waals surface area (Å²) in [6, 6.07) is 3.23. The molecule has 2 aromatic rings. The fraction of sp³-hybridized carbons (Fsp3) is 0.143. The van der Waals surface area contributed by atoms with E-state index in [0.717, 1.165) is 0 Å². The van der Waals surface area contributed by atoms with Crippen LogP contribution in [0.1, 0.15) is 0 Å². The highest BCUT2D eigenvalue weighted by atomic mass is 16.1. The van der Waals surface area contributed by atoms with E-state index in [1.165, 1.54) is 16.8 Å². The molecule has 0 spiro atoms. The lowest BCUT2D eigenvalue weighted by atomic mass is 10.6. The average Bonchev–Trinajstić information content (AvgIpc) is 2.34. The predicted molar refractivity (Wildman–Crippen MR) is 40.4 cm³/mol. The van der Waals surface area contributed by atoms with Gasteiger partial charge in [-0.3, -0.25) is 9.48 Å². The lowest BCUT2D eigenvalue weighted by molar-refractivity contribution is 0.680. The van der Waals surface area contributed by atoms with Crippen LogP contribution in [0.5, 0.6) is 0 Å². The number of hydrogen-bond donors (Lipinski definition) is 0. The summed E-state index contributed by atoms with van der Waals surface area (Å²) < 4.78 is 3.20. The Balaban J connectivity index is 3.08. The highest BCUT2D eigenvalue weighted by Crippen LogP contribution is 1.93. The molecule has 11 heavy (non-hydrogen) atoms. The van der Waals surface area contributed by atoms with E-state index in [9.17, 15) is 4.79 Å². The highest BCUT2D eigenvalue weighted by molar-refractivity contribution is 5.34. The number of fused-ring (bicyclic) bond motifs is 1. The maximum atomic E-state index is 11.2. The second-order valence-corrected chi connectivity index (χ2v) is 2.34. The molecule has 0 bridgehead atoms. The van der Waals surface area contributed by atoms with Crippen molar-refractivity contribution in [2.75, 3.05) is 0 Å². The third kappa shape index (κ3) is 0.756. The Morgan fingerprint density at radius 3 is 3.00 bits per heavy atom. The Bertz CT molecular complexity index is 440. The molecule has 0 atom stereocenters. The van der Waals surface area contributed by atoms with Crippen LogP contribution < -0.4 is 5.56 Å². The lowest BCUT2D eigenvalue weighted by Crippen LogP contribution is -2.17. The Kier molecular flexibility index (Phi) is 1.09. The van der Waals surface area contributed by atoms with Gasteiger partial charge in [-0.1, -0.05) is 0 Å². The molecule has 0 unspecified atom stereocenters. The van der Waals surface area contributed by atoms with E-state index < -0.39 is 0 Å². The molecule has 2 rings (SSSR count). The zero-order valence-electron chi connectivity index (χ0n) is 6.06. The summed E-state index contributed by atoms with van der Waals surface area (Å²) >= 11 is 0. The molecule has 0 aromatic carbocycles. The molecule has 4 heteroatoms. The molecule has 2 aromatic heterocycles. The summed E-state index contributed by atoms with van der Waals surface area (Å²) in [5.41, 5.74) is 0.627. The van der Waals surface area contributed by atoms with Gasteiger partial charge in [0.2, 0.25) is 0 Å². The average molecular weight is 149 g/mol. The Hall–Kier alpha value is -1.58. The van der Waals surface area contributed by atoms with Gasteiger partial charge in [-0.05, 0) is 0 Å². The first kappa shape index (κ1) is 6.15. The minimum Gasteiger partial charge on any atom is -0.287 e. The van der Waals surface area contributed by atoms with Gasteiger partial charge < -0.3 is 0 Å². The van der Waals surface area contributed by atoms with Crippen LogP contribution in [0, 0.1) is 0 Å². The molecule has 56 valence electrons. The lowest BCUT2D eigenvalue weighted by Gasteiger charge is -1.95. The van der Waals surface area contributed by atoms with Crippen LogP contribution in [0.25, 0.3) is 5.65 Å². The van der Waals surface area contributed by atoms with Crippen molar-refractivity contribution in [3.05, 3.63) is 34.9 Å². The summed E-state index contributed by atoms with van der Waals surface area (Å²) in [7, 11) is 1.80. The molecule has 0 radical (unpaired) electrons. The predicted octanol–water partition coefficient (Wildman–Crippen LogP) is 0.0330. The number of nitrogens with zero attached hydrogens (tertiary/aromatic N) is 3. The second kappa shape index (κ2) is 1.95. The molecular weight excluding hydrogens is 142 g/mol. The summed E-state index contributed by atoms with van der Waals surface area (Å²) in [6.07, 6.45) is 3.31. The topological polar surface area (TPSA) is 39.3 Å². The largest absolute Gasteiger partial charge is 0.287 e. The third-order valence-corrected chi connectivity index (χ3v) is 1.60. The van der Waals surface area contributed by atoms with Gasteiger partial charge in [0.25, 0.3) is 5.56 Å². The van der Waals surface area contributed by atoms with E-state index in [0.29, 0.717) is 5.65 Å². The number of hydrogen-bond acceptors (Lipinski definition) is 2. The molecule has 0 N–H and O–H groups in total. The summed E-state index contributed by atoms with van der Waals surface area (Å²) in [6.45, 7) is 0. The Morgan fingerprint density at radius 1 is 1.45 bits per heavy atom. The number of aryl methyl sites for hydroxylation is 1. The van der Waals surface area contributed by atoms with E-state index in [2.05, 4.69) is 4.98 Å². The molecule has 0 aliphatic carbocycles. The quantitative estimate of drug-likeness (QED) is 0.530.